The number of ketones is 1. The van der Waals surface area contributed by atoms with Gasteiger partial charge in [-0.15, -0.1) is 0 Å². The SMILES string of the molecule is CCOC(C[C@H]1C[C@@H](C)C(=O)/C=C/C(C)=C/[C@H](COC2O[C@H](C)[C@@H](O)[C@@H](OC)[C@H]2OC)[C@@H](CC)OC(=O)C[C@@H](O)[C@H](C)[C@H]1O[C@@H]1O[C@H](C)[C@@H](O)[C@@H](NC)[C@H]1O)OCC. The fourth-order valence-corrected chi connectivity index (χ4v) is 8.19. The molecule has 0 amide bonds. The average molecular weight is 832 g/mol. The molecule has 0 aromatic heterocycles. The highest BCUT2D eigenvalue weighted by Crippen LogP contribution is 2.36. The molecule has 3 aliphatic heterocycles. The van der Waals surface area contributed by atoms with E-state index in [9.17, 15) is 30.0 Å². The summed E-state index contributed by atoms with van der Waals surface area (Å²) in [6.07, 6.45) is -6.10. The largest absolute Gasteiger partial charge is 0.462 e. The summed E-state index contributed by atoms with van der Waals surface area (Å²) in [6, 6.07) is -0.778. The zero-order chi connectivity index (χ0) is 43.3. The summed E-state index contributed by atoms with van der Waals surface area (Å²) in [5.41, 5.74) is 0.722. The molecule has 1 unspecified atom stereocenters. The summed E-state index contributed by atoms with van der Waals surface area (Å²) < 4.78 is 54.0. The summed E-state index contributed by atoms with van der Waals surface area (Å²) in [4.78, 5) is 27.6. The van der Waals surface area contributed by atoms with E-state index in [4.69, 9.17) is 42.6 Å². The third-order valence-corrected chi connectivity index (χ3v) is 11.7. The molecule has 2 saturated heterocycles. The summed E-state index contributed by atoms with van der Waals surface area (Å²) in [5, 5.41) is 47.5. The number of likely N-dealkylation sites (N-methyl/N-ethyl adjacent to an activating group) is 1. The highest BCUT2D eigenvalue weighted by molar-refractivity contribution is 5.91. The Hall–Kier alpha value is -1.90. The molecule has 0 aromatic rings. The van der Waals surface area contributed by atoms with Crippen LogP contribution in [0.4, 0.5) is 0 Å². The number of nitrogens with one attached hydrogen (secondary N) is 1. The van der Waals surface area contributed by atoms with Crippen LogP contribution >= 0.6 is 0 Å². The number of carbonyl (C=O) groups is 2. The molecule has 0 saturated carbocycles. The minimum absolute atomic E-state index is 0.0208. The molecule has 3 aliphatic rings. The van der Waals surface area contributed by atoms with Crippen molar-refractivity contribution in [2.75, 3.05) is 41.1 Å². The van der Waals surface area contributed by atoms with Gasteiger partial charge in [0.05, 0.1) is 49.6 Å². The number of aliphatic hydroxyl groups is 4. The van der Waals surface area contributed by atoms with E-state index in [0.29, 0.717) is 19.6 Å². The maximum Gasteiger partial charge on any atom is 0.308 e. The standard InChI is InChI=1S/C42H73NO15/c1-12-31-28(21-54-42-40(51-11)39(50-10)36(48)26(8)56-42)17-22(4)15-16-29(44)23(5)18-27(19-33(52-13-2)53-14-3)38(24(6)30(45)20-32(46)57-31)58-41-37(49)34(43-9)35(47)25(7)55-41/h15-17,23-28,30-31,33-43,45,47-49H,12-14,18-21H2,1-11H3/b16-15+,22-17+/t23-,24+,25-,26-,27-,28-,30-,31-,34-,35-,36-,37-,38-,39-,40-,41+,42?/m1/s1. The molecule has 0 aliphatic carbocycles. The van der Waals surface area contributed by atoms with Crippen LogP contribution in [-0.4, -0.2) is 159 Å². The van der Waals surface area contributed by atoms with Gasteiger partial charge in [-0.1, -0.05) is 38.5 Å². The van der Waals surface area contributed by atoms with Gasteiger partial charge in [0.1, 0.15) is 30.5 Å². The lowest BCUT2D eigenvalue weighted by Crippen LogP contribution is -2.63. The Balaban J connectivity index is 2.03. The van der Waals surface area contributed by atoms with Crippen LogP contribution in [0, 0.1) is 23.7 Å². The van der Waals surface area contributed by atoms with E-state index >= 15 is 0 Å². The normalized spacial score (nSPS) is 41.5. The second-order valence-corrected chi connectivity index (χ2v) is 15.9. The van der Waals surface area contributed by atoms with E-state index < -0.39 is 116 Å². The summed E-state index contributed by atoms with van der Waals surface area (Å²) in [7, 11) is 4.57. The van der Waals surface area contributed by atoms with Crippen LogP contribution in [0.25, 0.3) is 0 Å². The van der Waals surface area contributed by atoms with Gasteiger partial charge in [-0.3, -0.25) is 9.59 Å². The monoisotopic (exact) mass is 831 g/mol. The third-order valence-electron chi connectivity index (χ3n) is 11.7. The second kappa shape index (κ2) is 24.5. The lowest BCUT2D eigenvalue weighted by Gasteiger charge is -2.45. The van der Waals surface area contributed by atoms with Crippen LogP contribution in [0.2, 0.25) is 0 Å². The van der Waals surface area contributed by atoms with Crippen molar-refractivity contribution in [3.8, 4) is 0 Å². The Morgan fingerprint density at radius 3 is 2.05 bits per heavy atom. The molecule has 0 bridgehead atoms. The minimum Gasteiger partial charge on any atom is -0.462 e. The van der Waals surface area contributed by atoms with Crippen molar-refractivity contribution in [3.05, 3.63) is 23.8 Å². The van der Waals surface area contributed by atoms with Crippen LogP contribution in [0.1, 0.15) is 81.1 Å². The minimum atomic E-state index is -1.30. The van der Waals surface area contributed by atoms with Crippen LogP contribution in [0.5, 0.6) is 0 Å². The van der Waals surface area contributed by atoms with Gasteiger partial charge in [0.25, 0.3) is 0 Å². The van der Waals surface area contributed by atoms with Crippen LogP contribution in [0.15, 0.2) is 23.8 Å². The van der Waals surface area contributed by atoms with Gasteiger partial charge in [0, 0.05) is 51.6 Å². The molecule has 16 nitrogen and oxygen atoms in total. The first-order valence-corrected chi connectivity index (χ1v) is 20.9. The van der Waals surface area contributed by atoms with E-state index in [-0.39, 0.29) is 31.7 Å². The van der Waals surface area contributed by atoms with Crippen molar-refractivity contribution in [1.29, 1.82) is 0 Å². The molecule has 0 radical (unpaired) electrons. The van der Waals surface area contributed by atoms with Crippen molar-refractivity contribution in [3.63, 3.8) is 0 Å². The zero-order valence-electron chi connectivity index (χ0n) is 36.4. The van der Waals surface area contributed by atoms with Crippen molar-refractivity contribution >= 4 is 11.8 Å². The van der Waals surface area contributed by atoms with Crippen molar-refractivity contribution in [1.82, 2.24) is 5.32 Å². The predicted molar refractivity (Wildman–Crippen MR) is 212 cm³/mol. The number of carbonyl (C=O) groups excluding carboxylic acids is 2. The first kappa shape index (κ1) is 50.5. The number of rotatable bonds is 15. The van der Waals surface area contributed by atoms with Gasteiger partial charge in [-0.05, 0) is 66.5 Å². The number of esters is 1. The van der Waals surface area contributed by atoms with Gasteiger partial charge >= 0.3 is 5.97 Å². The number of methoxy groups -OCH3 is 2. The molecule has 2 fully saturated rings. The molecule has 0 spiro atoms. The average Bonchev–Trinajstić information content (AvgIpc) is 3.18. The van der Waals surface area contributed by atoms with E-state index in [1.54, 1.807) is 33.9 Å². The van der Waals surface area contributed by atoms with E-state index in [1.807, 2.05) is 40.7 Å². The maximum absolute atomic E-state index is 13.8. The molecule has 3 rings (SSSR count). The third kappa shape index (κ3) is 13.6. The Labute approximate surface area is 344 Å². The zero-order valence-corrected chi connectivity index (χ0v) is 36.4. The van der Waals surface area contributed by atoms with E-state index in [0.717, 1.165) is 5.57 Å². The molecule has 336 valence electrons. The quantitative estimate of drug-likeness (QED) is 0.119. The first-order valence-electron chi connectivity index (χ1n) is 20.9. The Bertz CT molecular complexity index is 1290. The Morgan fingerprint density at radius 2 is 1.47 bits per heavy atom. The fraction of sp³-hybridized carbons (Fsp3) is 0.857. The Kier molecular flexibility index (Phi) is 21.3. The summed E-state index contributed by atoms with van der Waals surface area (Å²) in [5.74, 6) is -3.11. The van der Waals surface area contributed by atoms with Gasteiger partial charge < -0.3 is 68.4 Å². The lowest BCUT2D eigenvalue weighted by molar-refractivity contribution is -0.304. The molecular formula is C42H73NO15. The van der Waals surface area contributed by atoms with Crippen LogP contribution in [-0.2, 0) is 52.2 Å². The number of cyclic esters (lactones) is 1. The number of hydrogen-bond acceptors (Lipinski definition) is 16. The van der Waals surface area contributed by atoms with Crippen molar-refractivity contribution in [2.45, 2.75) is 167 Å². The first-order chi connectivity index (χ1) is 27.5. The Morgan fingerprint density at radius 1 is 0.845 bits per heavy atom. The van der Waals surface area contributed by atoms with E-state index in [2.05, 4.69) is 5.32 Å². The number of allylic oxidation sites excluding steroid dienone is 3. The highest BCUT2D eigenvalue weighted by atomic mass is 16.7. The second-order valence-electron chi connectivity index (χ2n) is 15.9. The van der Waals surface area contributed by atoms with Crippen molar-refractivity contribution < 1.29 is 72.6 Å². The van der Waals surface area contributed by atoms with Gasteiger partial charge in [0.2, 0.25) is 0 Å². The number of hydrogen-bond donors (Lipinski definition) is 5. The fourth-order valence-electron chi connectivity index (χ4n) is 8.19. The molecule has 58 heavy (non-hydrogen) atoms. The molecular weight excluding hydrogens is 758 g/mol. The molecule has 16 heteroatoms. The van der Waals surface area contributed by atoms with E-state index in [1.165, 1.54) is 20.3 Å². The van der Waals surface area contributed by atoms with Gasteiger partial charge in [0.15, 0.2) is 24.7 Å². The van der Waals surface area contributed by atoms with Gasteiger partial charge in [-0.2, -0.15) is 0 Å². The maximum atomic E-state index is 13.8. The number of aliphatic hydroxyl groups excluding tert-OH is 4. The van der Waals surface area contributed by atoms with Crippen LogP contribution < -0.4 is 5.32 Å². The van der Waals surface area contributed by atoms with Crippen LogP contribution in [0.3, 0.4) is 0 Å². The van der Waals surface area contributed by atoms with Crippen molar-refractivity contribution in [2.24, 2.45) is 23.7 Å². The lowest BCUT2D eigenvalue weighted by atomic mass is 9.79. The molecule has 5 N–H and O–H groups in total. The predicted octanol–water partition coefficient (Wildman–Crippen LogP) is 2.42. The molecule has 3 heterocycles. The van der Waals surface area contributed by atoms with Gasteiger partial charge in [-0.25, -0.2) is 0 Å². The summed E-state index contributed by atoms with van der Waals surface area (Å²) in [6.45, 7) is 15.1. The highest BCUT2D eigenvalue weighted by Gasteiger charge is 2.47. The smallest absolute Gasteiger partial charge is 0.308 e. The topological polar surface area (TPSA) is 210 Å². The number of ether oxygens (including phenoxy) is 9. The molecule has 0 aromatic carbocycles. The summed E-state index contributed by atoms with van der Waals surface area (Å²) >= 11 is 0. The molecule has 17 atom stereocenters.